The van der Waals surface area contributed by atoms with Crippen LogP contribution in [0.3, 0.4) is 0 Å². The lowest BCUT2D eigenvalue weighted by atomic mass is 9.88. The molecule has 4 amide bonds. The number of benzene rings is 7. The first-order valence-electron chi connectivity index (χ1n) is 26.2. The number of allylic oxidation sites excluding steroid dienone is 16. The second kappa shape index (κ2) is 19.0. The van der Waals surface area contributed by atoms with Crippen molar-refractivity contribution >= 4 is 73.5 Å². The van der Waals surface area contributed by atoms with Gasteiger partial charge in [0, 0.05) is 95.0 Å². The minimum absolute atomic E-state index is 0.0856. The van der Waals surface area contributed by atoms with Gasteiger partial charge in [0.15, 0.2) is 0 Å². The van der Waals surface area contributed by atoms with Crippen LogP contribution in [0.1, 0.15) is 93.6 Å². The van der Waals surface area contributed by atoms with E-state index >= 15 is 0 Å². The van der Waals surface area contributed by atoms with E-state index in [4.69, 9.17) is 0 Å². The van der Waals surface area contributed by atoms with Gasteiger partial charge in [0.05, 0.1) is 33.9 Å². The van der Waals surface area contributed by atoms with Crippen LogP contribution in [0.4, 0.5) is 22.7 Å². The Bertz CT molecular complexity index is 4250. The summed E-state index contributed by atoms with van der Waals surface area (Å²) >= 11 is 0. The van der Waals surface area contributed by atoms with Crippen LogP contribution in [-0.4, -0.2) is 51.8 Å². The van der Waals surface area contributed by atoms with Gasteiger partial charge >= 0.3 is 0 Å². The third-order valence-corrected chi connectivity index (χ3v) is 15.5. The molecule has 0 radical (unpaired) electrons. The zero-order valence-corrected chi connectivity index (χ0v) is 43.5. The third kappa shape index (κ3) is 7.88. The van der Waals surface area contributed by atoms with E-state index in [1.165, 1.54) is 32.1 Å². The molecule has 4 aliphatic carbocycles. The summed E-state index contributed by atoms with van der Waals surface area (Å²) in [6, 6.07) is 37.9. The van der Waals surface area contributed by atoms with E-state index in [0.717, 1.165) is 46.1 Å². The highest BCUT2D eigenvalue weighted by atomic mass is 16.2. The van der Waals surface area contributed by atoms with Crippen LogP contribution >= 0.6 is 0 Å². The smallest absolute Gasteiger partial charge is 0.266 e. The zero-order valence-electron chi connectivity index (χ0n) is 43.5. The van der Waals surface area contributed by atoms with Crippen molar-refractivity contribution in [3.63, 3.8) is 0 Å². The van der Waals surface area contributed by atoms with Crippen LogP contribution in [-0.2, 0) is 0 Å². The summed E-state index contributed by atoms with van der Waals surface area (Å²) in [6.45, 7) is 0. The Balaban J connectivity index is 0.809. The van der Waals surface area contributed by atoms with Crippen molar-refractivity contribution in [3.8, 4) is 23.7 Å². The van der Waals surface area contributed by atoms with Crippen molar-refractivity contribution < 1.29 is 19.2 Å². The number of amides is 4. The van der Waals surface area contributed by atoms with E-state index in [1.54, 1.807) is 12.1 Å². The Morgan fingerprint density at radius 1 is 0.500 bits per heavy atom. The molecule has 0 saturated carbocycles. The first-order valence-corrected chi connectivity index (χ1v) is 26.2. The molecule has 2 unspecified atom stereocenters. The molecule has 0 N–H and O–H groups in total. The molecule has 8 heteroatoms. The molecule has 0 saturated heterocycles. The summed E-state index contributed by atoms with van der Waals surface area (Å²) in [4.78, 5) is 64.6. The molecule has 374 valence electrons. The molecule has 7 aromatic rings. The third-order valence-electron chi connectivity index (χ3n) is 15.5. The number of carbonyl (C=O) groups excluding carboxylic acids is 4. The molecule has 8 nitrogen and oxygen atoms in total. The summed E-state index contributed by atoms with van der Waals surface area (Å²) in [7, 11) is 7.74. The topological polar surface area (TPSA) is 81.2 Å². The maximum Gasteiger partial charge on any atom is 0.266 e. The predicted octanol–water partition coefficient (Wildman–Crippen LogP) is 13.4. The Labute approximate surface area is 453 Å². The summed E-state index contributed by atoms with van der Waals surface area (Å²) in [6.07, 6.45) is 27.7. The largest absolute Gasteiger partial charge is 0.376 e. The molecule has 78 heavy (non-hydrogen) atoms. The van der Waals surface area contributed by atoms with Crippen molar-refractivity contribution in [2.75, 3.05) is 47.8 Å². The molecule has 0 aromatic heterocycles. The number of anilines is 4. The van der Waals surface area contributed by atoms with Gasteiger partial charge in [-0.2, -0.15) is 0 Å². The first-order chi connectivity index (χ1) is 38.0. The lowest BCUT2D eigenvalue weighted by Gasteiger charge is -2.29. The van der Waals surface area contributed by atoms with E-state index in [0.29, 0.717) is 66.7 Å². The van der Waals surface area contributed by atoms with E-state index in [-0.39, 0.29) is 23.7 Å². The molecule has 2 heterocycles. The van der Waals surface area contributed by atoms with Gasteiger partial charge in [-0.05, 0) is 107 Å². The average Bonchev–Trinajstić information content (AvgIpc) is 4.40. The Morgan fingerprint density at radius 3 is 1.55 bits per heavy atom. The zero-order chi connectivity index (χ0) is 53.3. The van der Waals surface area contributed by atoms with Gasteiger partial charge in [0.1, 0.15) is 0 Å². The molecule has 7 aromatic carbocycles. The minimum atomic E-state index is -0.408. The van der Waals surface area contributed by atoms with Gasteiger partial charge in [0.25, 0.3) is 23.6 Å². The first kappa shape index (κ1) is 47.7. The fourth-order valence-corrected chi connectivity index (χ4v) is 12.0. The van der Waals surface area contributed by atoms with Gasteiger partial charge in [-0.25, -0.2) is 9.80 Å². The standard InChI is InChI=1S/C70H50N4O4/c1-71(2)65-49(41-61-63-57(65)24-12-26-59(63)67(75)73(69(61)77)51-36-32-47(33-37-51)55-22-10-20-53(55)45-16-5-6-17-45)30-28-43-14-9-15-44(40-43)29-31-50-42-62-64-58(66(50)72(3)4)25-13-27-60(64)68(76)74(70(62)78)52-38-34-48(35-39-52)56-23-11-21-54(56)46-18-7-8-19-46/h5-7,9-16,18-27,32-42,53,56H,8,17H2,1-4H3. The highest BCUT2D eigenvalue weighted by Gasteiger charge is 2.38. The Hall–Kier alpha value is -10.0. The van der Waals surface area contributed by atoms with Gasteiger partial charge in [-0.1, -0.05) is 157 Å². The number of rotatable bonds is 8. The Morgan fingerprint density at radius 2 is 1.03 bits per heavy atom. The van der Waals surface area contributed by atoms with E-state index in [1.807, 2.05) is 147 Å². The van der Waals surface area contributed by atoms with Crippen LogP contribution in [0.15, 0.2) is 211 Å². The minimum Gasteiger partial charge on any atom is -0.376 e. The molecule has 0 bridgehead atoms. The van der Waals surface area contributed by atoms with Crippen molar-refractivity contribution in [1.29, 1.82) is 0 Å². The van der Waals surface area contributed by atoms with Crippen LogP contribution in [0.2, 0.25) is 0 Å². The average molecular weight is 1010 g/mol. The van der Waals surface area contributed by atoms with Gasteiger partial charge < -0.3 is 9.80 Å². The second-order valence-corrected chi connectivity index (χ2v) is 20.6. The van der Waals surface area contributed by atoms with Gasteiger partial charge in [-0.15, -0.1) is 0 Å². The summed E-state index contributed by atoms with van der Waals surface area (Å²) in [5.74, 6) is 12.2. The van der Waals surface area contributed by atoms with Gasteiger partial charge in [-0.3, -0.25) is 19.2 Å². The van der Waals surface area contributed by atoms with Crippen molar-refractivity contribution in [2.24, 2.45) is 5.92 Å². The van der Waals surface area contributed by atoms with E-state index in [2.05, 4.69) is 96.6 Å². The molecule has 0 spiro atoms. The van der Waals surface area contributed by atoms with Crippen LogP contribution in [0.25, 0.3) is 27.1 Å². The number of carbonyl (C=O) groups is 4. The summed E-state index contributed by atoms with van der Waals surface area (Å²) in [5, 5.41) is 2.75. The SMILES string of the molecule is CN(C)c1c(C#Cc2cccc(C#Cc3cc4c5c(cccc5c3N(C)C)C(=O)N(c3ccc(C5C=CC=C5C5=CCC=C5)cc3)C4=O)c2)cc2c3c(cccc13)C(=O)N(c1ccc(C3=CC=CC3C3=CC=CC3)cc1)C2=O. The molecule has 6 aliphatic rings. The van der Waals surface area contributed by atoms with E-state index < -0.39 is 11.8 Å². The quantitative estimate of drug-likeness (QED) is 0.111. The highest BCUT2D eigenvalue weighted by molar-refractivity contribution is 6.38. The molecular weight excluding hydrogens is 961 g/mol. The number of hydrogen-bond acceptors (Lipinski definition) is 6. The molecule has 0 fully saturated rings. The maximum atomic E-state index is 14.7. The fourth-order valence-electron chi connectivity index (χ4n) is 12.0. The lowest BCUT2D eigenvalue weighted by molar-refractivity contribution is 0.0877. The Kier molecular flexibility index (Phi) is 11.6. The van der Waals surface area contributed by atoms with Crippen LogP contribution < -0.4 is 19.6 Å². The summed E-state index contributed by atoms with van der Waals surface area (Å²) in [5.41, 5.74) is 14.1. The number of nitrogens with zero attached hydrogens (tertiary/aromatic N) is 4. The summed E-state index contributed by atoms with van der Waals surface area (Å²) < 4.78 is 0. The second-order valence-electron chi connectivity index (χ2n) is 20.6. The van der Waals surface area contributed by atoms with E-state index in [9.17, 15) is 19.2 Å². The lowest BCUT2D eigenvalue weighted by Crippen LogP contribution is -2.40. The number of imide groups is 2. The van der Waals surface area contributed by atoms with Crippen molar-refractivity contribution in [3.05, 3.63) is 267 Å². The molecule has 2 atom stereocenters. The predicted molar refractivity (Wildman–Crippen MR) is 314 cm³/mol. The van der Waals surface area contributed by atoms with Crippen molar-refractivity contribution in [1.82, 2.24) is 0 Å². The van der Waals surface area contributed by atoms with Crippen molar-refractivity contribution in [2.45, 2.75) is 18.8 Å². The molecule has 2 aliphatic heterocycles. The fraction of sp³-hybridized carbons (Fsp3) is 0.114. The van der Waals surface area contributed by atoms with Gasteiger partial charge in [0.2, 0.25) is 0 Å². The number of hydrogen-bond donors (Lipinski definition) is 0. The monoisotopic (exact) mass is 1010 g/mol. The van der Waals surface area contributed by atoms with Crippen LogP contribution in [0.5, 0.6) is 0 Å². The molecule has 13 rings (SSSR count). The molecular formula is C70H50N4O4. The highest BCUT2D eigenvalue weighted by Crippen LogP contribution is 2.44. The normalized spacial score (nSPS) is 17.6. The maximum absolute atomic E-state index is 14.7. The van der Waals surface area contributed by atoms with Crippen LogP contribution in [0, 0.1) is 29.6 Å².